The van der Waals surface area contributed by atoms with E-state index in [0.29, 0.717) is 6.04 Å². The van der Waals surface area contributed by atoms with Crippen molar-refractivity contribution in [2.45, 2.75) is 31.7 Å². The Morgan fingerprint density at radius 3 is 2.95 bits per heavy atom. The molecule has 0 amide bonds. The van der Waals surface area contributed by atoms with Crippen LogP contribution in [-0.2, 0) is 11.2 Å². The SMILES string of the molecule is C1CCC(c2n[nH]c(CCN3CCOCC3)n2)NC1. The number of hydrogen-bond donors (Lipinski definition) is 2. The molecular formula is C13H23N5O. The lowest BCUT2D eigenvalue weighted by Crippen LogP contribution is -2.37. The van der Waals surface area contributed by atoms with Gasteiger partial charge < -0.3 is 10.1 Å². The van der Waals surface area contributed by atoms with Gasteiger partial charge in [0.1, 0.15) is 5.82 Å². The zero-order chi connectivity index (χ0) is 12.9. The highest BCUT2D eigenvalue weighted by atomic mass is 16.5. The van der Waals surface area contributed by atoms with E-state index >= 15 is 0 Å². The maximum atomic E-state index is 5.35. The Bertz CT molecular complexity index is 382. The van der Waals surface area contributed by atoms with Crippen LogP contribution in [-0.4, -0.2) is 59.5 Å². The molecule has 2 saturated heterocycles. The number of morpholine rings is 1. The number of nitrogens with one attached hydrogen (secondary N) is 2. The predicted octanol–water partition coefficient (Wildman–Crippen LogP) is 0.494. The molecule has 2 fully saturated rings. The van der Waals surface area contributed by atoms with Crippen LogP contribution < -0.4 is 5.32 Å². The molecule has 0 saturated carbocycles. The molecule has 2 aliphatic heterocycles. The van der Waals surface area contributed by atoms with E-state index < -0.39 is 0 Å². The standard InChI is InChI=1S/C13H23N5O/c1-2-5-14-11(3-1)13-15-12(16-17-13)4-6-18-7-9-19-10-8-18/h11,14H,1-10H2,(H,15,16,17). The fraction of sp³-hybridized carbons (Fsp3) is 0.846. The first-order chi connectivity index (χ1) is 9.42. The summed E-state index contributed by atoms with van der Waals surface area (Å²) in [6.45, 7) is 5.90. The third-order valence-electron chi connectivity index (χ3n) is 3.94. The number of H-pyrrole nitrogens is 1. The molecule has 0 aliphatic carbocycles. The number of piperidine rings is 1. The largest absolute Gasteiger partial charge is 0.379 e. The smallest absolute Gasteiger partial charge is 0.167 e. The van der Waals surface area contributed by atoms with Crippen molar-refractivity contribution < 1.29 is 4.74 Å². The normalized spacial score (nSPS) is 25.6. The van der Waals surface area contributed by atoms with Crippen LogP contribution in [0.5, 0.6) is 0 Å². The number of rotatable bonds is 4. The minimum absolute atomic E-state index is 0.349. The Morgan fingerprint density at radius 1 is 1.26 bits per heavy atom. The third-order valence-corrected chi connectivity index (χ3v) is 3.94. The lowest BCUT2D eigenvalue weighted by atomic mass is 10.0. The summed E-state index contributed by atoms with van der Waals surface area (Å²) < 4.78 is 5.35. The van der Waals surface area contributed by atoms with Crippen molar-refractivity contribution in [3.05, 3.63) is 11.6 Å². The van der Waals surface area contributed by atoms with Crippen molar-refractivity contribution in [3.63, 3.8) is 0 Å². The van der Waals surface area contributed by atoms with Gasteiger partial charge in [-0.1, -0.05) is 6.42 Å². The minimum Gasteiger partial charge on any atom is -0.379 e. The van der Waals surface area contributed by atoms with Gasteiger partial charge in [-0.05, 0) is 19.4 Å². The molecule has 106 valence electrons. The zero-order valence-corrected chi connectivity index (χ0v) is 11.4. The lowest BCUT2D eigenvalue weighted by molar-refractivity contribution is 0.0382. The highest BCUT2D eigenvalue weighted by molar-refractivity contribution is 4.98. The molecule has 19 heavy (non-hydrogen) atoms. The van der Waals surface area contributed by atoms with E-state index in [1.807, 2.05) is 0 Å². The highest BCUT2D eigenvalue weighted by Gasteiger charge is 2.19. The Morgan fingerprint density at radius 2 is 2.16 bits per heavy atom. The van der Waals surface area contributed by atoms with E-state index in [1.54, 1.807) is 0 Å². The fourth-order valence-corrected chi connectivity index (χ4v) is 2.74. The van der Waals surface area contributed by atoms with Crippen molar-refractivity contribution in [1.82, 2.24) is 25.4 Å². The van der Waals surface area contributed by atoms with E-state index in [2.05, 4.69) is 25.4 Å². The summed E-state index contributed by atoms with van der Waals surface area (Å²) in [5.41, 5.74) is 0. The first kappa shape index (κ1) is 13.0. The average Bonchev–Trinajstić information content (AvgIpc) is 2.96. The number of nitrogens with zero attached hydrogens (tertiary/aromatic N) is 3. The molecule has 6 heteroatoms. The number of aromatic amines is 1. The Kier molecular flexibility index (Phi) is 4.42. The topological polar surface area (TPSA) is 66.1 Å². The third kappa shape index (κ3) is 3.52. The van der Waals surface area contributed by atoms with Gasteiger partial charge in [0.2, 0.25) is 0 Å². The van der Waals surface area contributed by atoms with Crippen molar-refractivity contribution in [2.75, 3.05) is 39.4 Å². The van der Waals surface area contributed by atoms with Gasteiger partial charge in [0.25, 0.3) is 0 Å². The van der Waals surface area contributed by atoms with Gasteiger partial charge in [-0.25, -0.2) is 4.98 Å². The van der Waals surface area contributed by atoms with Crippen LogP contribution in [0.1, 0.15) is 37.0 Å². The monoisotopic (exact) mass is 265 g/mol. The summed E-state index contributed by atoms with van der Waals surface area (Å²) in [4.78, 5) is 7.05. The summed E-state index contributed by atoms with van der Waals surface area (Å²) in [6.07, 6.45) is 4.64. The van der Waals surface area contributed by atoms with Crippen LogP contribution in [0.25, 0.3) is 0 Å². The first-order valence-electron chi connectivity index (χ1n) is 7.36. The van der Waals surface area contributed by atoms with Crippen LogP contribution in [0.4, 0.5) is 0 Å². The van der Waals surface area contributed by atoms with Crippen molar-refractivity contribution in [2.24, 2.45) is 0 Å². The van der Waals surface area contributed by atoms with Gasteiger partial charge in [0.05, 0.1) is 19.3 Å². The van der Waals surface area contributed by atoms with E-state index in [9.17, 15) is 0 Å². The van der Waals surface area contributed by atoms with Gasteiger partial charge in [0, 0.05) is 26.1 Å². The Balaban J connectivity index is 1.49. The predicted molar refractivity (Wildman–Crippen MR) is 71.9 cm³/mol. The quantitative estimate of drug-likeness (QED) is 0.829. The Hall–Kier alpha value is -0.980. The van der Waals surface area contributed by atoms with Gasteiger partial charge in [-0.3, -0.25) is 10.00 Å². The van der Waals surface area contributed by atoms with Crippen LogP contribution >= 0.6 is 0 Å². The second kappa shape index (κ2) is 6.45. The highest BCUT2D eigenvalue weighted by Crippen LogP contribution is 2.19. The van der Waals surface area contributed by atoms with Crippen LogP contribution in [0, 0.1) is 0 Å². The lowest BCUT2D eigenvalue weighted by Gasteiger charge is -2.25. The summed E-state index contributed by atoms with van der Waals surface area (Å²) in [6, 6.07) is 0.349. The molecule has 1 unspecified atom stereocenters. The van der Waals surface area contributed by atoms with Crippen LogP contribution in [0.15, 0.2) is 0 Å². The van der Waals surface area contributed by atoms with E-state index in [1.165, 1.54) is 12.8 Å². The van der Waals surface area contributed by atoms with Crippen molar-refractivity contribution in [1.29, 1.82) is 0 Å². The molecule has 3 rings (SSSR count). The average molecular weight is 265 g/mol. The molecule has 1 aromatic heterocycles. The fourth-order valence-electron chi connectivity index (χ4n) is 2.74. The molecule has 1 atom stereocenters. The molecular weight excluding hydrogens is 242 g/mol. The summed E-state index contributed by atoms with van der Waals surface area (Å²) in [5, 5.41) is 10.9. The molecule has 0 bridgehead atoms. The number of aromatic nitrogens is 3. The van der Waals surface area contributed by atoms with E-state index in [4.69, 9.17) is 4.74 Å². The molecule has 0 spiro atoms. The van der Waals surface area contributed by atoms with Gasteiger partial charge in [0.15, 0.2) is 5.82 Å². The maximum absolute atomic E-state index is 5.35. The minimum atomic E-state index is 0.349. The second-order valence-corrected chi connectivity index (χ2v) is 5.35. The first-order valence-corrected chi connectivity index (χ1v) is 7.36. The van der Waals surface area contributed by atoms with Gasteiger partial charge in [-0.15, -0.1) is 0 Å². The molecule has 1 aromatic rings. The molecule has 2 N–H and O–H groups in total. The number of hydrogen-bond acceptors (Lipinski definition) is 5. The summed E-state index contributed by atoms with van der Waals surface area (Å²) in [7, 11) is 0. The van der Waals surface area contributed by atoms with Gasteiger partial charge >= 0.3 is 0 Å². The van der Waals surface area contributed by atoms with Gasteiger partial charge in [-0.2, -0.15) is 5.10 Å². The second-order valence-electron chi connectivity index (χ2n) is 5.35. The van der Waals surface area contributed by atoms with Crippen molar-refractivity contribution >= 4 is 0 Å². The van der Waals surface area contributed by atoms with Crippen molar-refractivity contribution in [3.8, 4) is 0 Å². The molecule has 2 aliphatic rings. The molecule has 0 radical (unpaired) electrons. The Labute approximate surface area is 113 Å². The molecule has 0 aromatic carbocycles. The zero-order valence-electron chi connectivity index (χ0n) is 11.4. The van der Waals surface area contributed by atoms with Crippen LogP contribution in [0.3, 0.4) is 0 Å². The van der Waals surface area contributed by atoms with E-state index in [-0.39, 0.29) is 0 Å². The number of ether oxygens (including phenoxy) is 1. The van der Waals surface area contributed by atoms with Crippen LogP contribution in [0.2, 0.25) is 0 Å². The molecule has 3 heterocycles. The molecule has 6 nitrogen and oxygen atoms in total. The summed E-state index contributed by atoms with van der Waals surface area (Å²) >= 11 is 0. The van der Waals surface area contributed by atoms with E-state index in [0.717, 1.165) is 63.9 Å². The maximum Gasteiger partial charge on any atom is 0.167 e. The summed E-state index contributed by atoms with van der Waals surface area (Å²) in [5.74, 6) is 1.95.